The van der Waals surface area contributed by atoms with E-state index in [1.807, 2.05) is 37.3 Å². The van der Waals surface area contributed by atoms with Crippen LogP contribution < -0.4 is 15.4 Å². The summed E-state index contributed by atoms with van der Waals surface area (Å²) in [6.45, 7) is 3.20. The SMILES string of the molecule is CCOc1ccccc1Nc1ccc(NC(=O)C2CCCO2)nc1. The molecule has 0 aliphatic carbocycles. The van der Waals surface area contributed by atoms with Gasteiger partial charge in [0.05, 0.1) is 24.2 Å². The first kappa shape index (κ1) is 16.3. The van der Waals surface area contributed by atoms with Crippen molar-refractivity contribution >= 4 is 23.1 Å². The zero-order valence-corrected chi connectivity index (χ0v) is 13.6. The fourth-order valence-electron chi connectivity index (χ4n) is 2.54. The van der Waals surface area contributed by atoms with E-state index >= 15 is 0 Å². The van der Waals surface area contributed by atoms with Gasteiger partial charge in [-0.05, 0) is 44.0 Å². The predicted octanol–water partition coefficient (Wildman–Crippen LogP) is 3.34. The van der Waals surface area contributed by atoms with Crippen molar-refractivity contribution in [3.8, 4) is 5.75 Å². The van der Waals surface area contributed by atoms with Crippen molar-refractivity contribution in [2.24, 2.45) is 0 Å². The lowest BCUT2D eigenvalue weighted by Gasteiger charge is -2.13. The average Bonchev–Trinajstić information content (AvgIpc) is 3.13. The lowest BCUT2D eigenvalue weighted by Crippen LogP contribution is -2.27. The smallest absolute Gasteiger partial charge is 0.254 e. The van der Waals surface area contributed by atoms with E-state index < -0.39 is 0 Å². The molecule has 1 amide bonds. The molecular formula is C18H21N3O3. The van der Waals surface area contributed by atoms with Gasteiger partial charge >= 0.3 is 0 Å². The summed E-state index contributed by atoms with van der Waals surface area (Å²) in [5, 5.41) is 6.05. The van der Waals surface area contributed by atoms with Crippen molar-refractivity contribution in [1.82, 2.24) is 4.98 Å². The van der Waals surface area contributed by atoms with E-state index in [-0.39, 0.29) is 12.0 Å². The molecule has 3 rings (SSSR count). The fourth-order valence-corrected chi connectivity index (χ4v) is 2.54. The Morgan fingerprint density at radius 1 is 1.33 bits per heavy atom. The number of rotatable bonds is 6. The van der Waals surface area contributed by atoms with E-state index in [0.29, 0.717) is 19.0 Å². The van der Waals surface area contributed by atoms with Gasteiger partial charge in [0.25, 0.3) is 5.91 Å². The number of hydrogen-bond acceptors (Lipinski definition) is 5. The second-order valence-corrected chi connectivity index (χ2v) is 5.48. The highest BCUT2D eigenvalue weighted by Crippen LogP contribution is 2.27. The van der Waals surface area contributed by atoms with Crippen LogP contribution in [0.4, 0.5) is 17.2 Å². The summed E-state index contributed by atoms with van der Waals surface area (Å²) in [6.07, 6.45) is 3.00. The number of benzene rings is 1. The van der Waals surface area contributed by atoms with Gasteiger partial charge in [0.2, 0.25) is 0 Å². The molecule has 1 atom stereocenters. The number of nitrogens with one attached hydrogen (secondary N) is 2. The summed E-state index contributed by atoms with van der Waals surface area (Å²) in [5.41, 5.74) is 1.69. The maximum absolute atomic E-state index is 12.0. The molecule has 0 spiro atoms. The van der Waals surface area contributed by atoms with Crippen LogP contribution in [0.5, 0.6) is 5.75 Å². The minimum atomic E-state index is -0.359. The molecule has 2 heterocycles. The Morgan fingerprint density at radius 2 is 2.21 bits per heavy atom. The van der Waals surface area contributed by atoms with Gasteiger partial charge in [0.15, 0.2) is 0 Å². The summed E-state index contributed by atoms with van der Waals surface area (Å²) in [6, 6.07) is 11.3. The summed E-state index contributed by atoms with van der Waals surface area (Å²) >= 11 is 0. The van der Waals surface area contributed by atoms with E-state index in [9.17, 15) is 4.79 Å². The number of para-hydroxylation sites is 2. The molecule has 1 aromatic carbocycles. The van der Waals surface area contributed by atoms with Crippen LogP contribution in [0.1, 0.15) is 19.8 Å². The first-order valence-corrected chi connectivity index (χ1v) is 8.13. The Labute approximate surface area is 141 Å². The van der Waals surface area contributed by atoms with Crippen LogP contribution in [0.2, 0.25) is 0 Å². The standard InChI is InChI=1S/C18H21N3O3/c1-2-23-15-7-4-3-6-14(15)20-13-9-10-17(19-12-13)21-18(22)16-8-5-11-24-16/h3-4,6-7,9-10,12,16,20H,2,5,8,11H2,1H3,(H,19,21,22). The number of anilines is 3. The number of hydrogen-bond donors (Lipinski definition) is 2. The normalized spacial score (nSPS) is 16.6. The minimum Gasteiger partial charge on any atom is -0.492 e. The molecule has 1 aliphatic rings. The molecule has 2 aromatic rings. The Morgan fingerprint density at radius 3 is 2.92 bits per heavy atom. The van der Waals surface area contributed by atoms with Gasteiger partial charge in [0.1, 0.15) is 17.7 Å². The molecule has 6 heteroatoms. The van der Waals surface area contributed by atoms with Gasteiger partial charge in [-0.25, -0.2) is 4.98 Å². The Balaban J connectivity index is 1.63. The molecule has 1 unspecified atom stereocenters. The van der Waals surface area contributed by atoms with Crippen LogP contribution in [0.15, 0.2) is 42.6 Å². The van der Waals surface area contributed by atoms with Crippen LogP contribution in [-0.2, 0) is 9.53 Å². The third kappa shape index (κ3) is 4.02. The Bertz CT molecular complexity index is 682. The number of aromatic nitrogens is 1. The van der Waals surface area contributed by atoms with Crippen LogP contribution in [0.25, 0.3) is 0 Å². The lowest BCUT2D eigenvalue weighted by atomic mass is 10.2. The molecule has 0 radical (unpaired) electrons. The molecule has 2 N–H and O–H groups in total. The molecule has 126 valence electrons. The second kappa shape index (κ2) is 7.79. The zero-order chi connectivity index (χ0) is 16.8. The number of pyridine rings is 1. The summed E-state index contributed by atoms with van der Waals surface area (Å²) < 4.78 is 10.9. The third-order valence-corrected chi connectivity index (χ3v) is 3.70. The van der Waals surface area contributed by atoms with Crippen molar-refractivity contribution in [2.75, 3.05) is 23.8 Å². The molecule has 24 heavy (non-hydrogen) atoms. The van der Waals surface area contributed by atoms with E-state index in [1.165, 1.54) is 0 Å². The minimum absolute atomic E-state index is 0.137. The topological polar surface area (TPSA) is 72.5 Å². The summed E-state index contributed by atoms with van der Waals surface area (Å²) in [7, 11) is 0. The van der Waals surface area contributed by atoms with E-state index in [0.717, 1.165) is 30.0 Å². The highest BCUT2D eigenvalue weighted by molar-refractivity contribution is 5.93. The number of carbonyl (C=O) groups is 1. The first-order chi connectivity index (χ1) is 11.8. The molecule has 1 aromatic heterocycles. The monoisotopic (exact) mass is 327 g/mol. The zero-order valence-electron chi connectivity index (χ0n) is 13.6. The molecular weight excluding hydrogens is 306 g/mol. The van der Waals surface area contributed by atoms with Crippen molar-refractivity contribution < 1.29 is 14.3 Å². The van der Waals surface area contributed by atoms with Gasteiger partial charge in [-0.3, -0.25) is 4.79 Å². The number of ether oxygens (including phenoxy) is 2. The molecule has 1 aliphatic heterocycles. The van der Waals surface area contributed by atoms with Gasteiger partial charge in [0, 0.05) is 6.61 Å². The van der Waals surface area contributed by atoms with Gasteiger partial charge < -0.3 is 20.1 Å². The van der Waals surface area contributed by atoms with Gasteiger partial charge in [-0.15, -0.1) is 0 Å². The molecule has 0 bridgehead atoms. The van der Waals surface area contributed by atoms with Crippen LogP contribution >= 0.6 is 0 Å². The van der Waals surface area contributed by atoms with Gasteiger partial charge in [-0.2, -0.15) is 0 Å². The molecule has 1 saturated heterocycles. The molecule has 6 nitrogen and oxygen atoms in total. The van der Waals surface area contributed by atoms with E-state index in [2.05, 4.69) is 15.6 Å². The van der Waals surface area contributed by atoms with Crippen molar-refractivity contribution in [3.63, 3.8) is 0 Å². The fraction of sp³-hybridized carbons (Fsp3) is 0.333. The Kier molecular flexibility index (Phi) is 5.28. The second-order valence-electron chi connectivity index (χ2n) is 5.48. The number of amides is 1. The average molecular weight is 327 g/mol. The van der Waals surface area contributed by atoms with Crippen LogP contribution in [0.3, 0.4) is 0 Å². The van der Waals surface area contributed by atoms with Crippen LogP contribution in [-0.4, -0.2) is 30.2 Å². The number of nitrogens with zero attached hydrogens (tertiary/aromatic N) is 1. The predicted molar refractivity (Wildman–Crippen MR) is 92.7 cm³/mol. The summed E-state index contributed by atoms with van der Waals surface area (Å²) in [5.74, 6) is 1.16. The quantitative estimate of drug-likeness (QED) is 0.851. The van der Waals surface area contributed by atoms with E-state index in [4.69, 9.17) is 9.47 Å². The Hall–Kier alpha value is -2.60. The van der Waals surface area contributed by atoms with Crippen molar-refractivity contribution in [3.05, 3.63) is 42.6 Å². The molecule has 1 fully saturated rings. The maximum Gasteiger partial charge on any atom is 0.254 e. The maximum atomic E-state index is 12.0. The third-order valence-electron chi connectivity index (χ3n) is 3.70. The highest BCUT2D eigenvalue weighted by Gasteiger charge is 2.23. The lowest BCUT2D eigenvalue weighted by molar-refractivity contribution is -0.124. The molecule has 0 saturated carbocycles. The number of carbonyl (C=O) groups excluding carboxylic acids is 1. The first-order valence-electron chi connectivity index (χ1n) is 8.13. The van der Waals surface area contributed by atoms with Crippen molar-refractivity contribution in [2.45, 2.75) is 25.9 Å². The van der Waals surface area contributed by atoms with Gasteiger partial charge in [-0.1, -0.05) is 12.1 Å². The van der Waals surface area contributed by atoms with Crippen LogP contribution in [0, 0.1) is 0 Å². The summed E-state index contributed by atoms with van der Waals surface area (Å²) in [4.78, 5) is 16.3. The van der Waals surface area contributed by atoms with Crippen molar-refractivity contribution in [1.29, 1.82) is 0 Å². The van der Waals surface area contributed by atoms with E-state index in [1.54, 1.807) is 12.3 Å². The largest absolute Gasteiger partial charge is 0.492 e. The highest BCUT2D eigenvalue weighted by atomic mass is 16.5.